The summed E-state index contributed by atoms with van der Waals surface area (Å²) in [6, 6.07) is 1.67. The smallest absolute Gasteiger partial charge is 0.255 e. The lowest BCUT2D eigenvalue weighted by molar-refractivity contribution is -0.0202. The fraction of sp³-hybridized carbons (Fsp3) is 0.500. The van der Waals surface area contributed by atoms with Crippen molar-refractivity contribution in [3.8, 4) is 0 Å². The van der Waals surface area contributed by atoms with E-state index in [2.05, 4.69) is 20.4 Å². The maximum atomic E-state index is 10.0. The maximum Gasteiger partial charge on any atom is 0.255 e. The zero-order chi connectivity index (χ0) is 11.9. The summed E-state index contributed by atoms with van der Waals surface area (Å²) in [5.41, 5.74) is -0.595. The minimum absolute atomic E-state index is 0.355. The molecule has 2 N–H and O–H groups in total. The van der Waals surface area contributed by atoms with Gasteiger partial charge in [-0.05, 0) is 19.3 Å². The van der Waals surface area contributed by atoms with Gasteiger partial charge >= 0.3 is 0 Å². The summed E-state index contributed by atoms with van der Waals surface area (Å²) in [4.78, 5) is 8.00. The second kappa shape index (κ2) is 3.82. The van der Waals surface area contributed by atoms with Gasteiger partial charge in [-0.15, -0.1) is 0 Å². The van der Waals surface area contributed by atoms with Crippen molar-refractivity contribution in [2.45, 2.75) is 24.9 Å². The van der Waals surface area contributed by atoms with Crippen molar-refractivity contribution in [3.63, 3.8) is 0 Å². The van der Waals surface area contributed by atoms with Gasteiger partial charge in [0.05, 0.1) is 5.60 Å². The largest absolute Gasteiger partial charge is 0.388 e. The molecule has 1 aliphatic rings. The number of aliphatic hydroxyl groups is 1. The second-order valence-corrected chi connectivity index (χ2v) is 4.75. The maximum absolute atomic E-state index is 10.0. The molecule has 0 aromatic carbocycles. The van der Waals surface area contributed by atoms with Gasteiger partial charge in [0.25, 0.3) is 5.78 Å². The number of halogens is 1. The van der Waals surface area contributed by atoms with E-state index in [0.29, 0.717) is 23.3 Å². The molecule has 17 heavy (non-hydrogen) atoms. The Hall–Kier alpha value is -1.40. The van der Waals surface area contributed by atoms with Crippen LogP contribution < -0.4 is 5.32 Å². The van der Waals surface area contributed by atoms with E-state index in [1.54, 1.807) is 10.6 Å². The molecule has 7 heteroatoms. The first-order chi connectivity index (χ1) is 8.16. The molecule has 0 bridgehead atoms. The van der Waals surface area contributed by atoms with E-state index in [0.717, 1.165) is 19.3 Å². The molecule has 6 nitrogen and oxygen atoms in total. The van der Waals surface area contributed by atoms with Crippen molar-refractivity contribution in [2.75, 3.05) is 11.9 Å². The van der Waals surface area contributed by atoms with Crippen molar-refractivity contribution < 1.29 is 5.11 Å². The van der Waals surface area contributed by atoms with Crippen molar-refractivity contribution in [3.05, 3.63) is 17.5 Å². The molecular formula is C10H12ClN5O. The number of rotatable bonds is 3. The summed E-state index contributed by atoms with van der Waals surface area (Å²) in [5.74, 6) is 1.14. The third-order valence-electron chi connectivity index (χ3n) is 3.10. The lowest BCUT2D eigenvalue weighted by atomic mass is 9.80. The van der Waals surface area contributed by atoms with E-state index in [4.69, 9.17) is 11.6 Å². The third kappa shape index (κ3) is 1.94. The van der Waals surface area contributed by atoms with Crippen LogP contribution in [-0.2, 0) is 0 Å². The first-order valence-corrected chi connectivity index (χ1v) is 5.87. The average molecular weight is 254 g/mol. The van der Waals surface area contributed by atoms with Crippen molar-refractivity contribution >= 4 is 23.2 Å². The van der Waals surface area contributed by atoms with Crippen molar-refractivity contribution in [2.24, 2.45) is 0 Å². The molecule has 2 aromatic heterocycles. The predicted molar refractivity (Wildman–Crippen MR) is 63.1 cm³/mol. The zero-order valence-electron chi connectivity index (χ0n) is 9.10. The van der Waals surface area contributed by atoms with Crippen LogP contribution in [0.15, 0.2) is 12.4 Å². The van der Waals surface area contributed by atoms with Crippen LogP contribution in [0.5, 0.6) is 0 Å². The van der Waals surface area contributed by atoms with E-state index in [-0.39, 0.29) is 0 Å². The summed E-state index contributed by atoms with van der Waals surface area (Å²) in [6.45, 7) is 0.488. The second-order valence-electron chi connectivity index (χ2n) is 4.37. The van der Waals surface area contributed by atoms with Crippen LogP contribution >= 0.6 is 11.6 Å². The van der Waals surface area contributed by atoms with Crippen LogP contribution in [-0.4, -0.2) is 36.8 Å². The molecule has 0 amide bonds. The highest BCUT2D eigenvalue weighted by Crippen LogP contribution is 2.31. The van der Waals surface area contributed by atoms with Crippen LogP contribution in [0, 0.1) is 0 Å². The van der Waals surface area contributed by atoms with Gasteiger partial charge in [0.2, 0.25) is 0 Å². The Morgan fingerprint density at radius 1 is 1.53 bits per heavy atom. The number of nitrogens with one attached hydrogen (secondary N) is 1. The molecule has 1 saturated carbocycles. The molecule has 0 spiro atoms. The van der Waals surface area contributed by atoms with Gasteiger partial charge in [-0.25, -0.2) is 0 Å². The monoisotopic (exact) mass is 253 g/mol. The Morgan fingerprint density at radius 2 is 2.35 bits per heavy atom. The zero-order valence-corrected chi connectivity index (χ0v) is 9.85. The van der Waals surface area contributed by atoms with Gasteiger partial charge in [-0.3, -0.25) is 0 Å². The molecule has 2 aromatic rings. The van der Waals surface area contributed by atoms with Crippen LogP contribution in [0.4, 0.5) is 5.82 Å². The van der Waals surface area contributed by atoms with Crippen LogP contribution in [0.2, 0.25) is 5.15 Å². The number of aromatic nitrogens is 4. The number of fused-ring (bicyclic) bond motifs is 1. The van der Waals surface area contributed by atoms with Crippen LogP contribution in [0.1, 0.15) is 19.3 Å². The Labute approximate surface area is 103 Å². The molecule has 3 rings (SSSR count). The molecule has 90 valence electrons. The summed E-state index contributed by atoms with van der Waals surface area (Å²) >= 11 is 5.88. The molecule has 0 radical (unpaired) electrons. The topological polar surface area (TPSA) is 75.3 Å². The van der Waals surface area contributed by atoms with Crippen molar-refractivity contribution in [1.82, 2.24) is 19.6 Å². The fourth-order valence-electron chi connectivity index (χ4n) is 1.93. The number of hydrogen-bond donors (Lipinski definition) is 2. The normalized spacial score (nSPS) is 18.0. The molecule has 0 unspecified atom stereocenters. The Bertz CT molecular complexity index is 551. The highest BCUT2D eigenvalue weighted by molar-refractivity contribution is 6.29. The Morgan fingerprint density at radius 3 is 3.06 bits per heavy atom. The fourth-order valence-corrected chi connectivity index (χ4v) is 2.10. The van der Waals surface area contributed by atoms with Gasteiger partial charge in [0.1, 0.15) is 17.3 Å². The van der Waals surface area contributed by atoms with Gasteiger partial charge in [0.15, 0.2) is 0 Å². The minimum atomic E-state index is -0.595. The summed E-state index contributed by atoms with van der Waals surface area (Å²) in [5, 5.41) is 17.5. The SMILES string of the molecule is OC1(CNc2cc(Cl)nc3ncnn23)CCC1. The van der Waals surface area contributed by atoms with E-state index in [9.17, 15) is 5.11 Å². The molecule has 2 heterocycles. The van der Waals surface area contributed by atoms with Gasteiger partial charge in [-0.2, -0.15) is 19.6 Å². The number of hydrogen-bond acceptors (Lipinski definition) is 5. The van der Waals surface area contributed by atoms with Gasteiger partial charge < -0.3 is 10.4 Å². The van der Waals surface area contributed by atoms with E-state index in [1.165, 1.54) is 6.33 Å². The first kappa shape index (κ1) is 10.7. The number of anilines is 1. The summed E-state index contributed by atoms with van der Waals surface area (Å²) in [7, 11) is 0. The highest BCUT2D eigenvalue weighted by Gasteiger charge is 2.34. The molecule has 0 aliphatic heterocycles. The summed E-state index contributed by atoms with van der Waals surface area (Å²) in [6.07, 6.45) is 4.16. The molecule has 0 saturated heterocycles. The Kier molecular flexibility index (Phi) is 2.41. The molecule has 1 aliphatic carbocycles. The van der Waals surface area contributed by atoms with Crippen LogP contribution in [0.3, 0.4) is 0 Å². The lowest BCUT2D eigenvalue weighted by Gasteiger charge is -2.36. The minimum Gasteiger partial charge on any atom is -0.388 e. The number of nitrogens with zero attached hydrogens (tertiary/aromatic N) is 4. The highest BCUT2D eigenvalue weighted by atomic mass is 35.5. The van der Waals surface area contributed by atoms with E-state index >= 15 is 0 Å². The quantitative estimate of drug-likeness (QED) is 0.802. The van der Waals surface area contributed by atoms with Gasteiger partial charge in [-0.1, -0.05) is 11.6 Å². The summed E-state index contributed by atoms with van der Waals surface area (Å²) < 4.78 is 1.56. The standard InChI is InChI=1S/C10H12ClN5O/c11-7-4-8(12-5-10(17)2-1-3-10)16-9(15-7)13-6-14-16/h4,6,12,17H,1-3,5H2. The third-order valence-corrected chi connectivity index (χ3v) is 3.30. The molecule has 0 atom stereocenters. The lowest BCUT2D eigenvalue weighted by Crippen LogP contribution is -2.43. The molecular weight excluding hydrogens is 242 g/mol. The Balaban J connectivity index is 1.86. The first-order valence-electron chi connectivity index (χ1n) is 5.49. The van der Waals surface area contributed by atoms with E-state index in [1.807, 2.05) is 0 Å². The van der Waals surface area contributed by atoms with Gasteiger partial charge in [0, 0.05) is 12.6 Å². The average Bonchev–Trinajstić information content (AvgIpc) is 2.71. The molecule has 1 fully saturated rings. The predicted octanol–water partition coefficient (Wildman–Crippen LogP) is 1.10. The van der Waals surface area contributed by atoms with Crippen LogP contribution in [0.25, 0.3) is 5.78 Å². The van der Waals surface area contributed by atoms with E-state index < -0.39 is 5.60 Å². The van der Waals surface area contributed by atoms with Crippen molar-refractivity contribution in [1.29, 1.82) is 0 Å².